The van der Waals surface area contributed by atoms with E-state index in [1.54, 1.807) is 12.1 Å². The van der Waals surface area contributed by atoms with Gasteiger partial charge in [-0.05, 0) is 49.4 Å². The van der Waals surface area contributed by atoms with Crippen molar-refractivity contribution in [3.63, 3.8) is 0 Å². The molecule has 5 rings (SSSR count). The van der Waals surface area contributed by atoms with Crippen LogP contribution in [0.2, 0.25) is 0 Å². The highest BCUT2D eigenvalue weighted by Crippen LogP contribution is 2.52. The molecule has 1 aliphatic heterocycles. The van der Waals surface area contributed by atoms with Gasteiger partial charge in [0.15, 0.2) is 5.13 Å². The van der Waals surface area contributed by atoms with Crippen molar-refractivity contribution in [2.24, 2.45) is 23.7 Å². The van der Waals surface area contributed by atoms with E-state index in [0.717, 1.165) is 21.8 Å². The van der Waals surface area contributed by atoms with Crippen LogP contribution in [0.4, 0.5) is 9.52 Å². The largest absolute Gasteiger partial charge is 0.300 e. The van der Waals surface area contributed by atoms with Crippen molar-refractivity contribution in [2.45, 2.75) is 13.3 Å². The topological polar surface area (TPSA) is 79.4 Å². The van der Waals surface area contributed by atoms with Gasteiger partial charge in [-0.15, -0.1) is 11.3 Å². The molecule has 1 aromatic carbocycles. The number of likely N-dealkylation sites (tertiary alicyclic amines) is 1. The maximum absolute atomic E-state index is 13.1. The van der Waals surface area contributed by atoms with Crippen LogP contribution in [0.5, 0.6) is 0 Å². The second-order valence-electron chi connectivity index (χ2n) is 7.74. The molecule has 6 nitrogen and oxygen atoms in total. The van der Waals surface area contributed by atoms with Crippen molar-refractivity contribution >= 4 is 34.2 Å². The minimum absolute atomic E-state index is 0.120. The molecule has 2 aliphatic carbocycles. The van der Waals surface area contributed by atoms with Crippen LogP contribution < -0.4 is 5.32 Å². The summed E-state index contributed by atoms with van der Waals surface area (Å²) in [5.41, 5.74) is 1.41. The summed E-state index contributed by atoms with van der Waals surface area (Å²) in [6.07, 6.45) is 4.91. The number of aryl methyl sites for hydroxylation is 1. The molecule has 4 unspecified atom stereocenters. The number of amides is 3. The Morgan fingerprint density at radius 3 is 2.41 bits per heavy atom. The molecule has 3 aliphatic rings. The summed E-state index contributed by atoms with van der Waals surface area (Å²) in [7, 11) is 0. The Morgan fingerprint density at radius 2 is 1.79 bits per heavy atom. The molecule has 2 fully saturated rings. The summed E-state index contributed by atoms with van der Waals surface area (Å²) < 4.78 is 13.1. The van der Waals surface area contributed by atoms with E-state index in [4.69, 9.17) is 0 Å². The highest BCUT2D eigenvalue weighted by Gasteiger charge is 2.59. The van der Waals surface area contributed by atoms with Crippen molar-refractivity contribution in [1.29, 1.82) is 0 Å². The Labute approximate surface area is 170 Å². The zero-order valence-electron chi connectivity index (χ0n) is 15.6. The van der Waals surface area contributed by atoms with Gasteiger partial charge in [0.05, 0.1) is 17.5 Å². The first kappa shape index (κ1) is 18.2. The average molecular weight is 411 g/mol. The molecule has 4 atom stereocenters. The first-order chi connectivity index (χ1) is 13.9. The summed E-state index contributed by atoms with van der Waals surface area (Å²) in [6.45, 7) is 1.57. The van der Waals surface area contributed by atoms with Gasteiger partial charge in [-0.1, -0.05) is 12.2 Å². The molecule has 1 saturated heterocycles. The Morgan fingerprint density at radius 1 is 1.17 bits per heavy atom. The smallest absolute Gasteiger partial charge is 0.246 e. The fraction of sp³-hybridized carbons (Fsp3) is 0.333. The third-order valence-electron chi connectivity index (χ3n) is 6.02. The van der Waals surface area contributed by atoms with Gasteiger partial charge in [-0.3, -0.25) is 19.3 Å². The number of halogens is 1. The molecule has 1 N–H and O–H groups in total. The maximum Gasteiger partial charge on any atom is 0.246 e. The third-order valence-corrected chi connectivity index (χ3v) is 6.91. The number of hydrogen-bond donors (Lipinski definition) is 1. The van der Waals surface area contributed by atoms with Gasteiger partial charge in [0.1, 0.15) is 12.4 Å². The summed E-state index contributed by atoms with van der Waals surface area (Å²) in [5.74, 6) is -1.64. The average Bonchev–Trinajstić information content (AvgIpc) is 3.43. The van der Waals surface area contributed by atoms with E-state index in [0.29, 0.717) is 10.8 Å². The van der Waals surface area contributed by atoms with Crippen molar-refractivity contribution in [1.82, 2.24) is 9.88 Å². The number of anilines is 1. The number of nitrogens with zero attached hydrogens (tertiary/aromatic N) is 2. The van der Waals surface area contributed by atoms with Crippen LogP contribution in [0.25, 0.3) is 11.3 Å². The monoisotopic (exact) mass is 411 g/mol. The van der Waals surface area contributed by atoms with E-state index in [-0.39, 0.29) is 47.8 Å². The van der Waals surface area contributed by atoms with E-state index in [2.05, 4.69) is 10.3 Å². The molecular weight excluding hydrogens is 393 g/mol. The van der Waals surface area contributed by atoms with E-state index in [9.17, 15) is 18.8 Å². The lowest BCUT2D eigenvalue weighted by atomic mass is 9.85. The fourth-order valence-electron chi connectivity index (χ4n) is 4.75. The Balaban J connectivity index is 1.28. The molecule has 8 heteroatoms. The SMILES string of the molecule is Cc1sc(NC(=O)CN2C(=O)C3C4C=CC(C4)C3C2=O)nc1-c1ccc(F)cc1. The van der Waals surface area contributed by atoms with Gasteiger partial charge in [-0.2, -0.15) is 0 Å². The quantitative estimate of drug-likeness (QED) is 0.620. The predicted molar refractivity (Wildman–Crippen MR) is 105 cm³/mol. The van der Waals surface area contributed by atoms with Crippen molar-refractivity contribution in [3.05, 3.63) is 47.1 Å². The number of imide groups is 1. The number of carbonyl (C=O) groups is 3. The second kappa shape index (κ2) is 6.59. The highest BCUT2D eigenvalue weighted by molar-refractivity contribution is 7.16. The van der Waals surface area contributed by atoms with E-state index >= 15 is 0 Å². The first-order valence-electron chi connectivity index (χ1n) is 9.49. The number of benzene rings is 1. The number of nitrogens with one attached hydrogen (secondary N) is 1. The number of fused-ring (bicyclic) bond motifs is 5. The van der Waals surface area contributed by atoms with Gasteiger partial charge in [0.25, 0.3) is 0 Å². The molecular formula is C21H18FN3O3S. The molecule has 2 heterocycles. The van der Waals surface area contributed by atoms with E-state index < -0.39 is 5.91 Å². The summed E-state index contributed by atoms with van der Waals surface area (Å²) in [5, 5.41) is 3.07. The van der Waals surface area contributed by atoms with Crippen LogP contribution in [-0.2, 0) is 14.4 Å². The van der Waals surface area contributed by atoms with Crippen LogP contribution >= 0.6 is 11.3 Å². The van der Waals surface area contributed by atoms with E-state index in [1.165, 1.54) is 23.5 Å². The molecule has 3 amide bonds. The lowest BCUT2D eigenvalue weighted by Gasteiger charge is -2.16. The Bertz CT molecular complexity index is 1030. The van der Waals surface area contributed by atoms with Crippen LogP contribution in [0, 0.1) is 36.4 Å². The van der Waals surface area contributed by atoms with Gasteiger partial charge < -0.3 is 5.32 Å². The zero-order chi connectivity index (χ0) is 20.3. The molecule has 29 heavy (non-hydrogen) atoms. The maximum atomic E-state index is 13.1. The van der Waals surface area contributed by atoms with Gasteiger partial charge >= 0.3 is 0 Å². The molecule has 148 valence electrons. The number of aromatic nitrogens is 1. The molecule has 1 saturated carbocycles. The lowest BCUT2D eigenvalue weighted by molar-refractivity contribution is -0.143. The molecule has 1 aromatic heterocycles. The van der Waals surface area contributed by atoms with Crippen LogP contribution in [-0.4, -0.2) is 34.2 Å². The molecule has 0 radical (unpaired) electrons. The summed E-state index contributed by atoms with van der Waals surface area (Å²) >= 11 is 1.29. The molecule has 0 spiro atoms. The predicted octanol–water partition coefficient (Wildman–Crippen LogP) is 3.00. The number of allylic oxidation sites excluding steroid dienone is 2. The van der Waals surface area contributed by atoms with Crippen molar-refractivity contribution < 1.29 is 18.8 Å². The fourth-order valence-corrected chi connectivity index (χ4v) is 5.60. The number of hydrogen-bond acceptors (Lipinski definition) is 5. The molecule has 2 aromatic rings. The highest BCUT2D eigenvalue weighted by atomic mass is 32.1. The normalized spacial score (nSPS) is 27.0. The van der Waals surface area contributed by atoms with Crippen LogP contribution in [0.3, 0.4) is 0 Å². The number of carbonyl (C=O) groups excluding carboxylic acids is 3. The van der Waals surface area contributed by atoms with Crippen LogP contribution in [0.15, 0.2) is 36.4 Å². The summed E-state index contributed by atoms with van der Waals surface area (Å²) in [4.78, 5) is 44.3. The van der Waals surface area contributed by atoms with Crippen molar-refractivity contribution in [3.8, 4) is 11.3 Å². The van der Waals surface area contributed by atoms with Gasteiger partial charge in [0.2, 0.25) is 17.7 Å². The number of thiazole rings is 1. The standard InChI is InChI=1S/C21H18FN3O3S/c1-10-18(11-4-6-14(22)7-5-11)24-21(29-10)23-15(26)9-25-19(27)16-12-2-3-13(8-12)17(16)20(25)28/h2-7,12-13,16-17H,8-9H2,1H3,(H,23,24,26). The van der Waals surface area contributed by atoms with Gasteiger partial charge in [-0.25, -0.2) is 9.37 Å². The van der Waals surface area contributed by atoms with Crippen molar-refractivity contribution in [2.75, 3.05) is 11.9 Å². The third kappa shape index (κ3) is 2.90. The Kier molecular flexibility index (Phi) is 4.13. The lowest BCUT2D eigenvalue weighted by Crippen LogP contribution is -2.39. The number of rotatable bonds is 4. The molecule has 2 bridgehead atoms. The van der Waals surface area contributed by atoms with Gasteiger partial charge in [0, 0.05) is 10.4 Å². The first-order valence-corrected chi connectivity index (χ1v) is 10.3. The minimum Gasteiger partial charge on any atom is -0.300 e. The second-order valence-corrected chi connectivity index (χ2v) is 8.94. The van der Waals surface area contributed by atoms with Crippen LogP contribution in [0.1, 0.15) is 11.3 Å². The Hall–Kier alpha value is -2.87. The zero-order valence-corrected chi connectivity index (χ0v) is 16.4. The van der Waals surface area contributed by atoms with E-state index in [1.807, 2.05) is 19.1 Å². The summed E-state index contributed by atoms with van der Waals surface area (Å²) in [6, 6.07) is 5.98. The minimum atomic E-state index is -0.452.